The highest BCUT2D eigenvalue weighted by Gasteiger charge is 2.01. The Morgan fingerprint density at radius 2 is 1.43 bits per heavy atom. The molecule has 2 N–H and O–H groups in total. The summed E-state index contributed by atoms with van der Waals surface area (Å²) in [6, 6.07) is 22.3. The van der Waals surface area contributed by atoms with Crippen LogP contribution in [0.4, 0.5) is 11.4 Å². The molecule has 3 aromatic rings. The van der Waals surface area contributed by atoms with Gasteiger partial charge in [-0.15, -0.1) is 0 Å². The Labute approximate surface area is 137 Å². The first-order valence-electron chi connectivity index (χ1n) is 6.53. The van der Waals surface area contributed by atoms with Gasteiger partial charge >= 0.3 is 0 Å². The average molecular weight is 357 g/mol. The molecule has 0 radical (unpaired) electrons. The van der Waals surface area contributed by atoms with Crippen LogP contribution in [-0.4, -0.2) is 5.11 Å². The Bertz CT molecular complexity index is 787. The summed E-state index contributed by atoms with van der Waals surface area (Å²) in [5, 5.41) is 9.31. The number of halogens is 1. The Kier molecular flexibility index (Phi) is 4.18. The van der Waals surface area contributed by atoms with E-state index in [0.717, 1.165) is 15.8 Å². The van der Waals surface area contributed by atoms with Gasteiger partial charge in [-0.25, -0.2) is 0 Å². The van der Waals surface area contributed by atoms with Crippen LogP contribution in [0.15, 0.2) is 71.2 Å². The lowest BCUT2D eigenvalue weighted by atomic mass is 10.1. The number of hydrogen-bond donors (Lipinski definition) is 2. The van der Waals surface area contributed by atoms with Gasteiger partial charge in [-0.05, 0) is 59.4 Å². The van der Waals surface area contributed by atoms with E-state index in [1.54, 1.807) is 0 Å². The summed E-state index contributed by atoms with van der Waals surface area (Å²) in [5.41, 5.74) is 1.94. The topological polar surface area (TPSA) is 24.1 Å². The number of anilines is 2. The van der Waals surface area contributed by atoms with Crippen molar-refractivity contribution in [2.45, 2.75) is 0 Å². The molecule has 21 heavy (non-hydrogen) atoms. The van der Waals surface area contributed by atoms with E-state index >= 15 is 0 Å². The lowest BCUT2D eigenvalue weighted by Gasteiger charge is -2.11. The van der Waals surface area contributed by atoms with E-state index in [1.165, 1.54) is 10.8 Å². The highest BCUT2D eigenvalue weighted by atomic mass is 79.9. The molecule has 2 nitrogen and oxygen atoms in total. The van der Waals surface area contributed by atoms with Crippen molar-refractivity contribution < 1.29 is 0 Å². The van der Waals surface area contributed by atoms with Crippen molar-refractivity contribution in [1.29, 1.82) is 0 Å². The fourth-order valence-corrected chi connectivity index (χ4v) is 2.72. The molecule has 0 aliphatic rings. The van der Waals surface area contributed by atoms with E-state index in [-0.39, 0.29) is 0 Å². The van der Waals surface area contributed by atoms with Crippen molar-refractivity contribution in [3.05, 3.63) is 71.2 Å². The maximum Gasteiger partial charge on any atom is 0.175 e. The standard InChI is InChI=1S/C17H13BrN2S/c18-14-8-6-13-11-16(9-7-12(13)10-14)20-17(21)19-15-4-2-1-3-5-15/h1-11H,(H2,19,20,21). The molecule has 3 rings (SSSR count). The van der Waals surface area contributed by atoms with Crippen molar-refractivity contribution in [1.82, 2.24) is 0 Å². The van der Waals surface area contributed by atoms with Crippen molar-refractivity contribution in [3.8, 4) is 0 Å². The summed E-state index contributed by atoms with van der Waals surface area (Å²) in [4.78, 5) is 0. The van der Waals surface area contributed by atoms with Crippen LogP contribution in [0.3, 0.4) is 0 Å². The minimum Gasteiger partial charge on any atom is -0.332 e. The number of benzene rings is 3. The number of fused-ring (bicyclic) bond motifs is 1. The predicted molar refractivity (Wildman–Crippen MR) is 97.9 cm³/mol. The van der Waals surface area contributed by atoms with Gasteiger partial charge < -0.3 is 10.6 Å². The van der Waals surface area contributed by atoms with Crippen molar-refractivity contribution in [2.75, 3.05) is 10.6 Å². The van der Waals surface area contributed by atoms with Crippen LogP contribution < -0.4 is 10.6 Å². The van der Waals surface area contributed by atoms with Crippen LogP contribution in [0.5, 0.6) is 0 Å². The van der Waals surface area contributed by atoms with Crippen LogP contribution >= 0.6 is 28.1 Å². The van der Waals surface area contributed by atoms with Gasteiger partial charge in [0.25, 0.3) is 0 Å². The highest BCUT2D eigenvalue weighted by molar-refractivity contribution is 9.10. The SMILES string of the molecule is S=C(Nc1ccccc1)Nc1ccc2cc(Br)ccc2c1. The average Bonchev–Trinajstić information content (AvgIpc) is 2.48. The second-order valence-corrected chi connectivity index (χ2v) is 5.98. The Balaban J connectivity index is 1.75. The van der Waals surface area contributed by atoms with Gasteiger partial charge in [-0.3, -0.25) is 0 Å². The van der Waals surface area contributed by atoms with Crippen molar-refractivity contribution in [2.24, 2.45) is 0 Å². The molecule has 3 aromatic carbocycles. The molecule has 0 aliphatic heterocycles. The molecule has 0 fully saturated rings. The minimum absolute atomic E-state index is 0.581. The van der Waals surface area contributed by atoms with E-state index < -0.39 is 0 Å². The molecular formula is C17H13BrN2S. The third kappa shape index (κ3) is 3.60. The second-order valence-electron chi connectivity index (χ2n) is 4.65. The summed E-state index contributed by atoms with van der Waals surface area (Å²) in [6.07, 6.45) is 0. The van der Waals surface area contributed by atoms with E-state index in [1.807, 2.05) is 42.5 Å². The maximum absolute atomic E-state index is 5.33. The van der Waals surface area contributed by atoms with Gasteiger partial charge in [0.15, 0.2) is 5.11 Å². The Morgan fingerprint density at radius 1 is 0.762 bits per heavy atom. The molecule has 0 aliphatic carbocycles. The predicted octanol–water partition coefficient (Wildman–Crippen LogP) is 5.41. The molecular weight excluding hydrogens is 344 g/mol. The summed E-state index contributed by atoms with van der Waals surface area (Å²) < 4.78 is 1.08. The first-order chi connectivity index (χ1) is 10.2. The number of nitrogens with one attached hydrogen (secondary N) is 2. The zero-order valence-electron chi connectivity index (χ0n) is 11.1. The van der Waals surface area contributed by atoms with Crippen molar-refractivity contribution in [3.63, 3.8) is 0 Å². The summed E-state index contributed by atoms with van der Waals surface area (Å²) in [7, 11) is 0. The largest absolute Gasteiger partial charge is 0.332 e. The highest BCUT2D eigenvalue weighted by Crippen LogP contribution is 2.23. The first kappa shape index (κ1) is 14.0. The zero-order valence-corrected chi connectivity index (χ0v) is 13.5. The molecule has 0 unspecified atom stereocenters. The van der Waals surface area contributed by atoms with Crippen LogP contribution in [0, 0.1) is 0 Å². The third-order valence-electron chi connectivity index (χ3n) is 3.09. The van der Waals surface area contributed by atoms with Gasteiger partial charge in [0.05, 0.1) is 0 Å². The fraction of sp³-hybridized carbons (Fsp3) is 0. The molecule has 0 aromatic heterocycles. The van der Waals surface area contributed by atoms with Crippen LogP contribution in [0.1, 0.15) is 0 Å². The van der Waals surface area contributed by atoms with E-state index in [9.17, 15) is 0 Å². The zero-order chi connectivity index (χ0) is 14.7. The van der Waals surface area contributed by atoms with Gasteiger partial charge in [0.1, 0.15) is 0 Å². The minimum atomic E-state index is 0.581. The smallest absolute Gasteiger partial charge is 0.175 e. The van der Waals surface area contributed by atoms with Crippen LogP contribution in [0.2, 0.25) is 0 Å². The van der Waals surface area contributed by atoms with Gasteiger partial charge in [0, 0.05) is 15.8 Å². The molecule has 0 spiro atoms. The van der Waals surface area contributed by atoms with Gasteiger partial charge in [-0.2, -0.15) is 0 Å². The summed E-state index contributed by atoms with van der Waals surface area (Å²) >= 11 is 8.81. The van der Waals surface area contributed by atoms with E-state index in [2.05, 4.69) is 50.8 Å². The van der Waals surface area contributed by atoms with Crippen molar-refractivity contribution >= 4 is 55.4 Å². The normalized spacial score (nSPS) is 10.3. The number of hydrogen-bond acceptors (Lipinski definition) is 1. The lowest BCUT2D eigenvalue weighted by Crippen LogP contribution is -2.18. The summed E-state index contributed by atoms with van der Waals surface area (Å²) in [6.45, 7) is 0. The number of rotatable bonds is 2. The number of para-hydroxylation sites is 1. The van der Waals surface area contributed by atoms with Gasteiger partial charge in [0.2, 0.25) is 0 Å². The maximum atomic E-state index is 5.33. The molecule has 0 saturated carbocycles. The third-order valence-corrected chi connectivity index (χ3v) is 3.79. The first-order valence-corrected chi connectivity index (χ1v) is 7.73. The molecule has 0 amide bonds. The quantitative estimate of drug-likeness (QED) is 0.600. The van der Waals surface area contributed by atoms with Crippen LogP contribution in [0.25, 0.3) is 10.8 Å². The molecule has 0 bridgehead atoms. The Hall–Kier alpha value is -1.91. The fourth-order valence-electron chi connectivity index (χ4n) is 2.11. The molecule has 0 saturated heterocycles. The lowest BCUT2D eigenvalue weighted by molar-refractivity contribution is 1.61. The van der Waals surface area contributed by atoms with Gasteiger partial charge in [-0.1, -0.05) is 46.3 Å². The summed E-state index contributed by atoms with van der Waals surface area (Å²) in [5.74, 6) is 0. The molecule has 4 heteroatoms. The Morgan fingerprint density at radius 3 is 2.24 bits per heavy atom. The van der Waals surface area contributed by atoms with E-state index in [4.69, 9.17) is 12.2 Å². The van der Waals surface area contributed by atoms with E-state index in [0.29, 0.717) is 5.11 Å². The monoisotopic (exact) mass is 356 g/mol. The molecule has 104 valence electrons. The molecule has 0 atom stereocenters. The van der Waals surface area contributed by atoms with Crippen LogP contribution in [-0.2, 0) is 0 Å². The molecule has 0 heterocycles. The number of thiocarbonyl (C=S) groups is 1. The second kappa shape index (κ2) is 6.24.